The normalized spacial score (nSPS) is 16.6. The third-order valence-corrected chi connectivity index (χ3v) is 4.12. The van der Waals surface area contributed by atoms with Gasteiger partial charge in [0.05, 0.1) is 19.5 Å². The number of rotatable bonds is 5. The van der Waals surface area contributed by atoms with Crippen LogP contribution < -0.4 is 4.74 Å². The van der Waals surface area contributed by atoms with Gasteiger partial charge in [0, 0.05) is 11.0 Å². The molecule has 0 spiro atoms. The van der Waals surface area contributed by atoms with Crippen LogP contribution in [-0.4, -0.2) is 13.2 Å². The Hall–Kier alpha value is -1.80. The van der Waals surface area contributed by atoms with Gasteiger partial charge >= 0.3 is 0 Å². The molecule has 0 aliphatic carbocycles. The lowest BCUT2D eigenvalue weighted by atomic mass is 9.73. The zero-order chi connectivity index (χ0) is 14.0. The van der Waals surface area contributed by atoms with Crippen molar-refractivity contribution in [3.8, 4) is 5.75 Å². The van der Waals surface area contributed by atoms with Crippen LogP contribution >= 0.6 is 0 Å². The predicted molar refractivity (Wildman–Crippen MR) is 82.2 cm³/mol. The van der Waals surface area contributed by atoms with E-state index in [-0.39, 0.29) is 5.41 Å². The molecule has 3 rings (SSSR count). The minimum absolute atomic E-state index is 0.0912. The Morgan fingerprint density at radius 2 is 2.05 bits per heavy atom. The highest BCUT2D eigenvalue weighted by Crippen LogP contribution is 2.45. The molecule has 0 saturated carbocycles. The van der Waals surface area contributed by atoms with Crippen LogP contribution in [0.4, 0.5) is 0 Å². The standard InChI is InChI=1S/C18H20O2/c1-3-11-18(12-19-13-18)17-15-8-6-5-7-14(15)9-10-16(17)20-4-2/h4-10H,2-3,11-13H2,1H3. The first-order valence-electron chi connectivity index (χ1n) is 7.18. The Bertz CT molecular complexity index is 626. The molecule has 1 aliphatic heterocycles. The maximum absolute atomic E-state index is 5.68. The van der Waals surface area contributed by atoms with Crippen LogP contribution in [0.1, 0.15) is 25.3 Å². The zero-order valence-electron chi connectivity index (χ0n) is 11.9. The van der Waals surface area contributed by atoms with Crippen molar-refractivity contribution in [3.63, 3.8) is 0 Å². The average Bonchev–Trinajstić information content (AvgIpc) is 2.44. The van der Waals surface area contributed by atoms with Crippen molar-refractivity contribution in [2.45, 2.75) is 25.2 Å². The fourth-order valence-corrected chi connectivity index (χ4v) is 3.23. The summed E-state index contributed by atoms with van der Waals surface area (Å²) in [6.07, 6.45) is 3.77. The first kappa shape index (κ1) is 13.2. The highest BCUT2D eigenvalue weighted by molar-refractivity contribution is 5.89. The van der Waals surface area contributed by atoms with Gasteiger partial charge in [0.25, 0.3) is 0 Å². The van der Waals surface area contributed by atoms with Gasteiger partial charge in [-0.1, -0.05) is 50.3 Å². The van der Waals surface area contributed by atoms with Gasteiger partial charge in [0.2, 0.25) is 0 Å². The summed E-state index contributed by atoms with van der Waals surface area (Å²) in [4.78, 5) is 0. The minimum Gasteiger partial charge on any atom is -0.465 e. The average molecular weight is 268 g/mol. The number of ether oxygens (including phenoxy) is 2. The van der Waals surface area contributed by atoms with E-state index < -0.39 is 0 Å². The van der Waals surface area contributed by atoms with Crippen molar-refractivity contribution in [1.82, 2.24) is 0 Å². The molecule has 0 amide bonds. The van der Waals surface area contributed by atoms with Gasteiger partial charge in [-0.05, 0) is 23.3 Å². The lowest BCUT2D eigenvalue weighted by molar-refractivity contribution is -0.0646. The summed E-state index contributed by atoms with van der Waals surface area (Å²) in [6, 6.07) is 12.6. The molecular formula is C18H20O2. The number of benzene rings is 2. The van der Waals surface area contributed by atoms with E-state index >= 15 is 0 Å². The molecule has 0 unspecified atom stereocenters. The minimum atomic E-state index is 0.0912. The van der Waals surface area contributed by atoms with Gasteiger partial charge in [-0.2, -0.15) is 0 Å². The molecule has 0 aromatic heterocycles. The smallest absolute Gasteiger partial charge is 0.131 e. The Morgan fingerprint density at radius 3 is 2.70 bits per heavy atom. The summed E-state index contributed by atoms with van der Waals surface area (Å²) >= 11 is 0. The van der Waals surface area contributed by atoms with Crippen LogP contribution in [-0.2, 0) is 10.2 Å². The Labute approximate surface area is 120 Å². The van der Waals surface area contributed by atoms with Crippen LogP contribution in [0.15, 0.2) is 49.2 Å². The maximum atomic E-state index is 5.68. The van der Waals surface area contributed by atoms with Crippen molar-refractivity contribution in [1.29, 1.82) is 0 Å². The monoisotopic (exact) mass is 268 g/mol. The molecule has 0 radical (unpaired) electrons. The molecule has 20 heavy (non-hydrogen) atoms. The maximum Gasteiger partial charge on any atom is 0.131 e. The molecular weight excluding hydrogens is 248 g/mol. The first-order chi connectivity index (χ1) is 9.80. The van der Waals surface area contributed by atoms with Gasteiger partial charge in [0.1, 0.15) is 5.75 Å². The van der Waals surface area contributed by atoms with Crippen molar-refractivity contribution < 1.29 is 9.47 Å². The summed E-state index contributed by atoms with van der Waals surface area (Å²) in [5, 5.41) is 2.52. The van der Waals surface area contributed by atoms with Crippen LogP contribution in [0.5, 0.6) is 5.75 Å². The fourth-order valence-electron chi connectivity index (χ4n) is 3.23. The number of fused-ring (bicyclic) bond motifs is 1. The van der Waals surface area contributed by atoms with Crippen molar-refractivity contribution in [2.24, 2.45) is 0 Å². The van der Waals surface area contributed by atoms with Crippen LogP contribution in [0.25, 0.3) is 10.8 Å². The van der Waals surface area contributed by atoms with E-state index in [1.807, 2.05) is 0 Å². The molecule has 0 atom stereocenters. The number of hydrogen-bond acceptors (Lipinski definition) is 2. The van der Waals surface area contributed by atoms with Crippen molar-refractivity contribution >= 4 is 10.8 Å². The lowest BCUT2D eigenvalue weighted by Crippen LogP contribution is -2.47. The molecule has 0 N–H and O–H groups in total. The second-order valence-electron chi connectivity index (χ2n) is 5.47. The van der Waals surface area contributed by atoms with Crippen LogP contribution in [0, 0.1) is 0 Å². The van der Waals surface area contributed by atoms with Gasteiger partial charge in [-0.25, -0.2) is 0 Å². The van der Waals surface area contributed by atoms with Gasteiger partial charge in [-0.3, -0.25) is 0 Å². The summed E-state index contributed by atoms with van der Waals surface area (Å²) in [5.74, 6) is 0.912. The lowest BCUT2D eigenvalue weighted by Gasteiger charge is -2.43. The highest BCUT2D eigenvalue weighted by atomic mass is 16.5. The zero-order valence-corrected chi connectivity index (χ0v) is 11.9. The van der Waals surface area contributed by atoms with Crippen molar-refractivity contribution in [2.75, 3.05) is 13.2 Å². The summed E-state index contributed by atoms with van der Waals surface area (Å²) in [5.41, 5.74) is 1.37. The molecule has 1 fully saturated rings. The van der Waals surface area contributed by atoms with E-state index in [1.165, 1.54) is 22.6 Å². The molecule has 2 nitrogen and oxygen atoms in total. The second kappa shape index (κ2) is 5.29. The molecule has 104 valence electrons. The molecule has 2 heteroatoms. The van der Waals surface area contributed by atoms with Gasteiger partial charge < -0.3 is 9.47 Å². The third-order valence-electron chi connectivity index (χ3n) is 4.12. The number of hydrogen-bond donors (Lipinski definition) is 0. The first-order valence-corrected chi connectivity index (χ1v) is 7.18. The van der Waals surface area contributed by atoms with Crippen LogP contribution in [0.2, 0.25) is 0 Å². The second-order valence-corrected chi connectivity index (χ2v) is 5.47. The quantitative estimate of drug-likeness (QED) is 0.747. The third kappa shape index (κ3) is 2.01. The van der Waals surface area contributed by atoms with E-state index in [1.54, 1.807) is 0 Å². The van der Waals surface area contributed by atoms with E-state index in [4.69, 9.17) is 9.47 Å². The summed E-state index contributed by atoms with van der Waals surface area (Å²) in [7, 11) is 0. The molecule has 2 aromatic rings. The Kier molecular flexibility index (Phi) is 3.49. The Morgan fingerprint density at radius 1 is 1.25 bits per heavy atom. The SMILES string of the molecule is C=COc1ccc2ccccc2c1C1(CCC)COC1. The largest absolute Gasteiger partial charge is 0.465 e. The molecule has 2 aromatic carbocycles. The highest BCUT2D eigenvalue weighted by Gasteiger charge is 2.42. The van der Waals surface area contributed by atoms with E-state index in [2.05, 4.69) is 49.9 Å². The summed E-state index contributed by atoms with van der Waals surface area (Å²) < 4.78 is 11.2. The topological polar surface area (TPSA) is 18.5 Å². The van der Waals surface area contributed by atoms with E-state index in [0.717, 1.165) is 31.8 Å². The predicted octanol–water partition coefficient (Wildman–Crippen LogP) is 4.43. The fraction of sp³-hybridized carbons (Fsp3) is 0.333. The van der Waals surface area contributed by atoms with E-state index in [0.29, 0.717) is 0 Å². The molecule has 1 aliphatic rings. The Balaban J connectivity index is 2.24. The molecule has 1 heterocycles. The van der Waals surface area contributed by atoms with Crippen LogP contribution in [0.3, 0.4) is 0 Å². The van der Waals surface area contributed by atoms with Gasteiger partial charge in [-0.15, -0.1) is 0 Å². The van der Waals surface area contributed by atoms with Crippen molar-refractivity contribution in [3.05, 3.63) is 54.8 Å². The molecule has 1 saturated heterocycles. The summed E-state index contributed by atoms with van der Waals surface area (Å²) in [6.45, 7) is 7.48. The van der Waals surface area contributed by atoms with Gasteiger partial charge in [0.15, 0.2) is 0 Å². The van der Waals surface area contributed by atoms with E-state index in [9.17, 15) is 0 Å². The molecule has 0 bridgehead atoms.